The average Bonchev–Trinajstić information content (AvgIpc) is 2.66. The van der Waals surface area contributed by atoms with E-state index in [1.54, 1.807) is 12.1 Å². The molecule has 142 valence electrons. The third-order valence-corrected chi connectivity index (χ3v) is 3.72. The number of carbonyl (C=O) groups is 3. The van der Waals surface area contributed by atoms with Gasteiger partial charge in [-0.05, 0) is 23.8 Å². The number of ether oxygens (including phenoxy) is 1. The van der Waals surface area contributed by atoms with Crippen LogP contribution < -0.4 is 5.32 Å². The van der Waals surface area contributed by atoms with Gasteiger partial charge in [-0.1, -0.05) is 30.3 Å². The summed E-state index contributed by atoms with van der Waals surface area (Å²) in [6.45, 7) is -0.388. The second-order valence-corrected chi connectivity index (χ2v) is 5.78. The normalized spacial score (nSPS) is 10.1. The van der Waals surface area contributed by atoms with Crippen molar-refractivity contribution in [2.75, 3.05) is 13.6 Å². The largest absolute Gasteiger partial charge is 0.478 e. The quantitative estimate of drug-likeness (QED) is 0.776. The highest BCUT2D eigenvalue weighted by atomic mass is 19.1. The molecule has 0 unspecified atom stereocenters. The molecule has 0 saturated heterocycles. The molecule has 0 saturated carbocycles. The number of alkyl carbamates (subject to hydrolysis) is 1. The highest BCUT2D eigenvalue weighted by Gasteiger charge is 2.15. The molecule has 0 fully saturated rings. The third kappa shape index (κ3) is 6.10. The molecular weight excluding hydrogens is 355 g/mol. The van der Waals surface area contributed by atoms with E-state index in [9.17, 15) is 18.8 Å². The summed E-state index contributed by atoms with van der Waals surface area (Å²) < 4.78 is 18.8. The van der Waals surface area contributed by atoms with E-state index in [0.717, 1.165) is 17.7 Å². The lowest BCUT2D eigenvalue weighted by molar-refractivity contribution is -0.129. The van der Waals surface area contributed by atoms with E-state index in [1.165, 1.54) is 18.0 Å². The number of benzene rings is 2. The maximum Gasteiger partial charge on any atom is 0.407 e. The Bertz CT molecular complexity index is 826. The summed E-state index contributed by atoms with van der Waals surface area (Å²) in [5.41, 5.74) is 0.803. The first-order chi connectivity index (χ1) is 12.9. The molecule has 2 amide bonds. The summed E-state index contributed by atoms with van der Waals surface area (Å²) in [6, 6.07) is 12.4. The minimum atomic E-state index is -1.19. The Morgan fingerprint density at radius 3 is 2.52 bits per heavy atom. The van der Waals surface area contributed by atoms with Crippen LogP contribution in [0.3, 0.4) is 0 Å². The minimum Gasteiger partial charge on any atom is -0.478 e. The van der Waals surface area contributed by atoms with Gasteiger partial charge in [-0.25, -0.2) is 14.0 Å². The van der Waals surface area contributed by atoms with Crippen molar-refractivity contribution in [1.82, 2.24) is 10.2 Å². The van der Waals surface area contributed by atoms with Crippen LogP contribution in [0.1, 0.15) is 21.5 Å². The number of hydrogen-bond acceptors (Lipinski definition) is 4. The molecule has 2 rings (SSSR count). The van der Waals surface area contributed by atoms with Crippen LogP contribution in [0.4, 0.5) is 9.18 Å². The maximum atomic E-state index is 13.8. The van der Waals surface area contributed by atoms with Crippen molar-refractivity contribution >= 4 is 18.0 Å². The Kier molecular flexibility index (Phi) is 6.87. The van der Waals surface area contributed by atoms with Crippen LogP contribution in [-0.2, 0) is 22.7 Å². The van der Waals surface area contributed by atoms with Crippen LogP contribution in [0.2, 0.25) is 0 Å². The molecule has 2 aromatic rings. The molecule has 0 aliphatic rings. The molecule has 0 aliphatic heterocycles. The van der Waals surface area contributed by atoms with Crippen molar-refractivity contribution in [3.63, 3.8) is 0 Å². The summed E-state index contributed by atoms with van der Waals surface area (Å²) in [5.74, 6) is -2.28. The Labute approximate surface area is 155 Å². The van der Waals surface area contributed by atoms with Gasteiger partial charge in [-0.2, -0.15) is 0 Å². The minimum absolute atomic E-state index is 0.0670. The Balaban J connectivity index is 1.82. The molecule has 0 aromatic heterocycles. The van der Waals surface area contributed by atoms with Crippen LogP contribution in [0.15, 0.2) is 48.5 Å². The lowest BCUT2D eigenvalue weighted by atomic mass is 10.1. The van der Waals surface area contributed by atoms with E-state index in [2.05, 4.69) is 5.32 Å². The number of aromatic carboxylic acids is 1. The summed E-state index contributed by atoms with van der Waals surface area (Å²) in [4.78, 5) is 35.9. The number of carboxylic acids is 1. The van der Waals surface area contributed by atoms with Gasteiger partial charge in [0.15, 0.2) is 0 Å². The standard InChI is InChI=1S/C19H19FN2O5/c1-22(11-15-9-14(18(24)25)7-8-16(15)20)17(23)10-21-19(26)27-12-13-5-3-2-4-6-13/h2-9H,10-12H2,1H3,(H,21,26)(H,24,25). The van der Waals surface area contributed by atoms with Gasteiger partial charge in [0.05, 0.1) is 5.56 Å². The van der Waals surface area contributed by atoms with Gasteiger partial charge in [0.1, 0.15) is 19.0 Å². The number of nitrogens with zero attached hydrogens (tertiary/aromatic N) is 1. The van der Waals surface area contributed by atoms with Gasteiger partial charge in [0.2, 0.25) is 5.91 Å². The first-order valence-corrected chi connectivity index (χ1v) is 8.07. The van der Waals surface area contributed by atoms with Crippen LogP contribution in [-0.4, -0.2) is 41.6 Å². The van der Waals surface area contributed by atoms with E-state index in [0.29, 0.717) is 0 Å². The summed E-state index contributed by atoms with van der Waals surface area (Å²) in [6.07, 6.45) is -0.750. The predicted molar refractivity (Wildman–Crippen MR) is 94.5 cm³/mol. The number of rotatable bonds is 7. The van der Waals surface area contributed by atoms with Gasteiger partial charge in [0.25, 0.3) is 0 Å². The van der Waals surface area contributed by atoms with E-state index in [4.69, 9.17) is 9.84 Å². The Morgan fingerprint density at radius 2 is 1.85 bits per heavy atom. The molecule has 8 heteroatoms. The van der Waals surface area contributed by atoms with Crippen molar-refractivity contribution in [3.05, 3.63) is 71.0 Å². The van der Waals surface area contributed by atoms with E-state index < -0.39 is 23.8 Å². The van der Waals surface area contributed by atoms with Gasteiger partial charge < -0.3 is 20.1 Å². The average molecular weight is 374 g/mol. The second-order valence-electron chi connectivity index (χ2n) is 5.78. The maximum absolute atomic E-state index is 13.8. The van der Waals surface area contributed by atoms with Crippen molar-refractivity contribution in [3.8, 4) is 0 Å². The summed E-state index contributed by atoms with van der Waals surface area (Å²) in [7, 11) is 1.42. The number of carboxylic acid groups (broad SMARTS) is 1. The number of amides is 2. The predicted octanol–water partition coefficient (Wildman–Crippen LogP) is 2.41. The first-order valence-electron chi connectivity index (χ1n) is 8.07. The zero-order chi connectivity index (χ0) is 19.8. The summed E-state index contributed by atoms with van der Waals surface area (Å²) >= 11 is 0. The highest BCUT2D eigenvalue weighted by molar-refractivity contribution is 5.87. The van der Waals surface area contributed by atoms with Crippen LogP contribution >= 0.6 is 0 Å². The van der Waals surface area contributed by atoms with Crippen molar-refractivity contribution in [1.29, 1.82) is 0 Å². The number of carbonyl (C=O) groups excluding carboxylic acids is 2. The second kappa shape index (κ2) is 9.33. The van der Waals surface area contributed by atoms with Crippen molar-refractivity contribution < 1.29 is 28.6 Å². The molecule has 0 spiro atoms. The molecule has 2 aromatic carbocycles. The fourth-order valence-corrected chi connectivity index (χ4v) is 2.23. The molecule has 7 nitrogen and oxygen atoms in total. The van der Waals surface area contributed by atoms with E-state index in [-0.39, 0.29) is 30.8 Å². The fraction of sp³-hybridized carbons (Fsp3) is 0.211. The topological polar surface area (TPSA) is 95.9 Å². The van der Waals surface area contributed by atoms with Crippen molar-refractivity contribution in [2.45, 2.75) is 13.2 Å². The molecular formula is C19H19FN2O5. The van der Waals surface area contributed by atoms with Crippen LogP contribution in [0.25, 0.3) is 0 Å². The molecule has 0 radical (unpaired) electrons. The number of halogens is 1. The third-order valence-electron chi connectivity index (χ3n) is 3.72. The molecule has 2 N–H and O–H groups in total. The van der Waals surface area contributed by atoms with Crippen LogP contribution in [0.5, 0.6) is 0 Å². The SMILES string of the molecule is CN(Cc1cc(C(=O)O)ccc1F)C(=O)CNC(=O)OCc1ccccc1. The van der Waals surface area contributed by atoms with Gasteiger partial charge in [0, 0.05) is 19.2 Å². The number of hydrogen-bond donors (Lipinski definition) is 2. The highest BCUT2D eigenvalue weighted by Crippen LogP contribution is 2.13. The molecule has 0 heterocycles. The molecule has 0 bridgehead atoms. The van der Waals surface area contributed by atoms with E-state index >= 15 is 0 Å². The summed E-state index contributed by atoms with van der Waals surface area (Å²) in [5, 5.41) is 11.3. The van der Waals surface area contributed by atoms with Crippen LogP contribution in [0, 0.1) is 5.82 Å². The smallest absolute Gasteiger partial charge is 0.407 e. The lowest BCUT2D eigenvalue weighted by Gasteiger charge is -2.18. The van der Waals surface area contributed by atoms with E-state index in [1.807, 2.05) is 18.2 Å². The molecule has 27 heavy (non-hydrogen) atoms. The fourth-order valence-electron chi connectivity index (χ4n) is 2.23. The van der Waals surface area contributed by atoms with Gasteiger partial charge in [-0.15, -0.1) is 0 Å². The zero-order valence-corrected chi connectivity index (χ0v) is 14.6. The first kappa shape index (κ1) is 19.9. The monoisotopic (exact) mass is 374 g/mol. The Morgan fingerprint density at radius 1 is 1.15 bits per heavy atom. The van der Waals surface area contributed by atoms with Gasteiger partial charge in [-0.3, -0.25) is 4.79 Å². The molecule has 0 aliphatic carbocycles. The van der Waals surface area contributed by atoms with Crippen molar-refractivity contribution in [2.24, 2.45) is 0 Å². The Hall–Kier alpha value is -3.42. The van der Waals surface area contributed by atoms with Gasteiger partial charge >= 0.3 is 12.1 Å². The number of likely N-dealkylation sites (N-methyl/N-ethyl adjacent to an activating group) is 1. The zero-order valence-electron chi connectivity index (χ0n) is 14.6. The molecule has 0 atom stereocenters. The lowest BCUT2D eigenvalue weighted by Crippen LogP contribution is -2.38. The number of nitrogens with one attached hydrogen (secondary N) is 1.